The van der Waals surface area contributed by atoms with E-state index in [1.807, 2.05) is 19.1 Å². The van der Waals surface area contributed by atoms with Crippen LogP contribution in [0.1, 0.15) is 51.0 Å². The summed E-state index contributed by atoms with van der Waals surface area (Å²) in [6.07, 6.45) is 7.96. The molecule has 0 radical (unpaired) electrons. The van der Waals surface area contributed by atoms with Crippen molar-refractivity contribution in [3.63, 3.8) is 0 Å². The molecule has 1 N–H and O–H groups in total. The van der Waals surface area contributed by atoms with Crippen molar-refractivity contribution in [2.75, 3.05) is 22.8 Å². The second kappa shape index (κ2) is 10.5. The summed E-state index contributed by atoms with van der Waals surface area (Å²) in [5.74, 6) is 2.13. The number of ether oxygens (including phenoxy) is 1. The van der Waals surface area contributed by atoms with Gasteiger partial charge >= 0.3 is 0 Å². The van der Waals surface area contributed by atoms with Crippen LogP contribution in [0.3, 0.4) is 0 Å². The molecule has 0 unspecified atom stereocenters. The fraction of sp³-hybridized carbons (Fsp3) is 0.406. The van der Waals surface area contributed by atoms with Gasteiger partial charge in [0, 0.05) is 5.69 Å². The van der Waals surface area contributed by atoms with E-state index in [2.05, 4.69) is 17.4 Å². The maximum atomic E-state index is 13.6. The third kappa shape index (κ3) is 5.21. The number of sulfonamides is 1. The van der Waals surface area contributed by atoms with Gasteiger partial charge in [-0.1, -0.05) is 12.1 Å². The molecule has 0 atom stereocenters. The van der Waals surface area contributed by atoms with E-state index in [0.29, 0.717) is 23.7 Å². The highest BCUT2D eigenvalue weighted by atomic mass is 32.2. The second-order valence-corrected chi connectivity index (χ2v) is 13.6. The molecule has 4 bridgehead atoms. The van der Waals surface area contributed by atoms with Crippen molar-refractivity contribution < 1.29 is 22.3 Å². The fourth-order valence-corrected chi connectivity index (χ4v) is 9.05. The van der Waals surface area contributed by atoms with Crippen molar-refractivity contribution in [2.24, 2.45) is 17.8 Å². The number of halogens is 1. The van der Waals surface area contributed by atoms with Crippen LogP contribution in [0.2, 0.25) is 0 Å². The summed E-state index contributed by atoms with van der Waals surface area (Å²) in [5, 5.41) is 2.88. The van der Waals surface area contributed by atoms with Crippen LogP contribution in [0, 0.1) is 23.6 Å². The molecule has 1 amide bonds. The number of benzene rings is 3. The summed E-state index contributed by atoms with van der Waals surface area (Å²) >= 11 is 0. The third-order valence-corrected chi connectivity index (χ3v) is 10.7. The Morgan fingerprint density at radius 3 is 2.02 bits per heavy atom. The first-order valence-corrected chi connectivity index (χ1v) is 15.6. The molecule has 3 aromatic rings. The SMILES string of the molecule is CCOc1ccc(N(CC(=O)Nc2ccc(C34CC5CC(CC(C5)C3)C4)cc2)S(=O)(=O)c2ccc(F)cc2)cc1. The van der Waals surface area contributed by atoms with Gasteiger partial charge in [-0.2, -0.15) is 0 Å². The molecule has 6 nitrogen and oxygen atoms in total. The van der Waals surface area contributed by atoms with Gasteiger partial charge in [0.15, 0.2) is 0 Å². The Hall–Kier alpha value is -3.39. The Morgan fingerprint density at radius 1 is 0.900 bits per heavy atom. The Labute approximate surface area is 235 Å². The summed E-state index contributed by atoms with van der Waals surface area (Å²) in [5.41, 5.74) is 2.56. The molecule has 0 aromatic heterocycles. The van der Waals surface area contributed by atoms with E-state index < -0.39 is 28.3 Å². The zero-order chi connectivity index (χ0) is 27.9. The number of hydrogen-bond acceptors (Lipinski definition) is 4. The van der Waals surface area contributed by atoms with Crippen molar-refractivity contribution in [1.29, 1.82) is 0 Å². The van der Waals surface area contributed by atoms with Crippen LogP contribution in [0.4, 0.5) is 15.8 Å². The normalized spacial score (nSPS) is 25.0. The summed E-state index contributed by atoms with van der Waals surface area (Å²) in [7, 11) is -4.15. The summed E-state index contributed by atoms with van der Waals surface area (Å²) in [4.78, 5) is 13.1. The first-order valence-electron chi connectivity index (χ1n) is 14.2. The number of nitrogens with one attached hydrogen (secondary N) is 1. The number of anilines is 2. The van der Waals surface area contributed by atoms with Gasteiger partial charge in [0.1, 0.15) is 18.1 Å². The van der Waals surface area contributed by atoms with E-state index in [1.54, 1.807) is 24.3 Å². The van der Waals surface area contributed by atoms with Gasteiger partial charge in [0.25, 0.3) is 10.0 Å². The van der Waals surface area contributed by atoms with Crippen molar-refractivity contribution in [1.82, 2.24) is 0 Å². The standard InChI is InChI=1S/C32H35FN2O4S/c1-2-39-29-11-9-28(10-12-29)35(40(37,38)30-13-5-26(33)6-14-30)21-31(36)34-27-7-3-25(4-8-27)32-18-22-15-23(19-32)17-24(16-22)20-32/h3-14,22-24H,2,15-21H2,1H3,(H,34,36). The van der Waals surface area contributed by atoms with E-state index in [4.69, 9.17) is 4.74 Å². The van der Waals surface area contributed by atoms with Gasteiger partial charge in [0.05, 0.1) is 17.2 Å². The molecule has 8 heteroatoms. The van der Waals surface area contributed by atoms with Gasteiger partial charge in [0.2, 0.25) is 5.91 Å². The number of nitrogens with zero attached hydrogens (tertiary/aromatic N) is 1. The largest absolute Gasteiger partial charge is 0.494 e. The molecule has 4 aliphatic rings. The quantitative estimate of drug-likeness (QED) is 0.322. The zero-order valence-electron chi connectivity index (χ0n) is 22.7. The van der Waals surface area contributed by atoms with E-state index in [1.165, 1.54) is 56.2 Å². The van der Waals surface area contributed by atoms with Crippen molar-refractivity contribution >= 4 is 27.3 Å². The van der Waals surface area contributed by atoms with E-state index >= 15 is 0 Å². The Bertz CT molecular complexity index is 1440. The number of carbonyl (C=O) groups excluding carboxylic acids is 1. The van der Waals surface area contributed by atoms with E-state index in [0.717, 1.165) is 34.2 Å². The fourth-order valence-electron chi connectivity index (χ4n) is 7.63. The maximum Gasteiger partial charge on any atom is 0.264 e. The summed E-state index contributed by atoms with van der Waals surface area (Å²) in [6.45, 7) is 1.89. The van der Waals surface area contributed by atoms with Gasteiger partial charge in [-0.05, 0) is 135 Å². The lowest BCUT2D eigenvalue weighted by Crippen LogP contribution is -2.48. The molecule has 4 fully saturated rings. The van der Waals surface area contributed by atoms with Gasteiger partial charge in [-0.25, -0.2) is 12.8 Å². The number of rotatable bonds is 9. The Kier molecular flexibility index (Phi) is 7.07. The highest BCUT2D eigenvalue weighted by Gasteiger charge is 2.51. The van der Waals surface area contributed by atoms with Crippen LogP contribution in [-0.4, -0.2) is 27.5 Å². The molecular formula is C32H35FN2O4S. The predicted octanol–water partition coefficient (Wildman–Crippen LogP) is 6.53. The minimum atomic E-state index is -4.15. The Balaban J connectivity index is 1.21. The van der Waals surface area contributed by atoms with Gasteiger partial charge < -0.3 is 10.1 Å². The first-order chi connectivity index (χ1) is 19.2. The molecule has 210 valence electrons. The summed E-state index contributed by atoms with van der Waals surface area (Å²) in [6, 6.07) is 19.2. The molecule has 4 saturated carbocycles. The first kappa shape index (κ1) is 26.8. The van der Waals surface area contributed by atoms with E-state index in [9.17, 15) is 17.6 Å². The smallest absolute Gasteiger partial charge is 0.264 e. The average Bonchev–Trinajstić information content (AvgIpc) is 2.92. The van der Waals surface area contributed by atoms with Crippen LogP contribution >= 0.6 is 0 Å². The van der Waals surface area contributed by atoms with Crippen molar-refractivity contribution in [3.8, 4) is 5.75 Å². The van der Waals surface area contributed by atoms with Crippen LogP contribution in [-0.2, 0) is 20.2 Å². The van der Waals surface area contributed by atoms with Crippen molar-refractivity contribution in [3.05, 3.63) is 84.2 Å². The minimum Gasteiger partial charge on any atom is -0.494 e. The number of amides is 1. The lowest BCUT2D eigenvalue weighted by Gasteiger charge is -2.57. The van der Waals surface area contributed by atoms with E-state index in [-0.39, 0.29) is 10.3 Å². The lowest BCUT2D eigenvalue weighted by atomic mass is 9.48. The molecule has 4 aliphatic carbocycles. The van der Waals surface area contributed by atoms with Crippen LogP contribution in [0.15, 0.2) is 77.7 Å². The second-order valence-electron chi connectivity index (χ2n) is 11.7. The zero-order valence-corrected chi connectivity index (χ0v) is 23.5. The average molecular weight is 563 g/mol. The van der Waals surface area contributed by atoms with Crippen LogP contribution < -0.4 is 14.4 Å². The third-order valence-electron chi connectivity index (χ3n) is 8.94. The molecule has 0 spiro atoms. The molecule has 0 saturated heterocycles. The minimum absolute atomic E-state index is 0.101. The maximum absolute atomic E-state index is 13.6. The van der Waals surface area contributed by atoms with Crippen molar-refractivity contribution in [2.45, 2.75) is 55.8 Å². The number of carbonyl (C=O) groups is 1. The van der Waals surface area contributed by atoms with Gasteiger partial charge in [-0.15, -0.1) is 0 Å². The lowest BCUT2D eigenvalue weighted by molar-refractivity contribution is -0.114. The molecule has 3 aromatic carbocycles. The summed E-state index contributed by atoms with van der Waals surface area (Å²) < 4.78 is 47.2. The molecule has 40 heavy (non-hydrogen) atoms. The van der Waals surface area contributed by atoms with Crippen LogP contribution in [0.5, 0.6) is 5.75 Å². The molecule has 0 heterocycles. The van der Waals surface area contributed by atoms with Gasteiger partial charge in [-0.3, -0.25) is 9.10 Å². The van der Waals surface area contributed by atoms with Crippen LogP contribution in [0.25, 0.3) is 0 Å². The topological polar surface area (TPSA) is 75.7 Å². The number of hydrogen-bond donors (Lipinski definition) is 1. The molecular weight excluding hydrogens is 527 g/mol. The molecule has 0 aliphatic heterocycles. The highest BCUT2D eigenvalue weighted by Crippen LogP contribution is 2.60. The highest BCUT2D eigenvalue weighted by molar-refractivity contribution is 7.92. The Morgan fingerprint density at radius 2 is 1.48 bits per heavy atom. The monoisotopic (exact) mass is 562 g/mol. The molecule has 7 rings (SSSR count). The predicted molar refractivity (Wildman–Crippen MR) is 153 cm³/mol.